The number of anilines is 1. The van der Waals surface area contributed by atoms with Crippen molar-refractivity contribution in [3.05, 3.63) is 65.7 Å². The Morgan fingerprint density at radius 3 is 2.50 bits per heavy atom. The monoisotopic (exact) mass is 454 g/mol. The van der Waals surface area contributed by atoms with Gasteiger partial charge in [-0.3, -0.25) is 19.2 Å². The summed E-state index contributed by atoms with van der Waals surface area (Å²) in [5.74, 6) is -1.71. The predicted octanol–water partition coefficient (Wildman–Crippen LogP) is 2.82. The van der Waals surface area contributed by atoms with Gasteiger partial charge < -0.3 is 15.3 Å². The van der Waals surface area contributed by atoms with Crippen molar-refractivity contribution >= 4 is 40.3 Å². The number of carboxylic acid groups (broad SMARTS) is 1. The molecule has 0 fully saturated rings. The van der Waals surface area contributed by atoms with Crippen LogP contribution >= 0.6 is 11.8 Å². The van der Waals surface area contributed by atoms with Crippen LogP contribution in [0.25, 0.3) is 0 Å². The highest BCUT2D eigenvalue weighted by Gasteiger charge is 2.33. The number of thioether (sulfide) groups is 1. The first-order chi connectivity index (χ1) is 15.3. The molecule has 0 saturated carbocycles. The van der Waals surface area contributed by atoms with E-state index in [9.17, 15) is 19.2 Å². The molecular weight excluding hydrogens is 428 g/mol. The normalized spacial score (nSPS) is 16.6. The van der Waals surface area contributed by atoms with Crippen molar-refractivity contribution in [3.63, 3.8) is 0 Å². The topological polar surface area (TPSA) is 104 Å². The number of hydrogen-bond donors (Lipinski definition) is 2. The van der Waals surface area contributed by atoms with E-state index in [0.29, 0.717) is 24.9 Å². The number of hydrogen-bond acceptors (Lipinski definition) is 5. The van der Waals surface area contributed by atoms with Crippen LogP contribution in [0.1, 0.15) is 30.9 Å². The molecule has 2 atom stereocenters. The van der Waals surface area contributed by atoms with E-state index in [1.807, 2.05) is 42.5 Å². The number of aryl methyl sites for hydroxylation is 1. The third-order valence-corrected chi connectivity index (χ3v) is 6.28. The second-order valence-corrected chi connectivity index (χ2v) is 9.03. The number of aliphatic carboxylic acids is 1. The van der Waals surface area contributed by atoms with Crippen LogP contribution in [0.4, 0.5) is 5.69 Å². The van der Waals surface area contributed by atoms with Crippen molar-refractivity contribution in [2.24, 2.45) is 0 Å². The lowest BCUT2D eigenvalue weighted by molar-refractivity contribution is -0.137. The lowest BCUT2D eigenvalue weighted by Crippen LogP contribution is -2.51. The average Bonchev–Trinajstić information content (AvgIpc) is 2.89. The molecule has 1 heterocycles. The highest BCUT2D eigenvalue weighted by Crippen LogP contribution is 2.28. The van der Waals surface area contributed by atoms with Gasteiger partial charge in [-0.1, -0.05) is 60.3 Å². The Kier molecular flexibility index (Phi) is 8.05. The maximum absolute atomic E-state index is 13.3. The summed E-state index contributed by atoms with van der Waals surface area (Å²) < 4.78 is 0. The Morgan fingerprint density at radius 1 is 1.12 bits per heavy atom. The van der Waals surface area contributed by atoms with Crippen molar-refractivity contribution in [2.75, 3.05) is 11.4 Å². The Labute approximate surface area is 191 Å². The Morgan fingerprint density at radius 2 is 1.81 bits per heavy atom. The van der Waals surface area contributed by atoms with Gasteiger partial charge >= 0.3 is 5.97 Å². The van der Waals surface area contributed by atoms with Crippen LogP contribution in [-0.4, -0.2) is 45.8 Å². The number of para-hydroxylation sites is 1. The van der Waals surface area contributed by atoms with Crippen LogP contribution in [0.15, 0.2) is 54.6 Å². The van der Waals surface area contributed by atoms with Crippen LogP contribution in [0.2, 0.25) is 0 Å². The lowest BCUT2D eigenvalue weighted by Gasteiger charge is -2.26. The average molecular weight is 455 g/mol. The van der Waals surface area contributed by atoms with Crippen molar-refractivity contribution in [3.8, 4) is 0 Å². The highest BCUT2D eigenvalue weighted by molar-refractivity contribution is 8.14. The zero-order valence-electron chi connectivity index (χ0n) is 17.8. The molecule has 1 aliphatic rings. The zero-order chi connectivity index (χ0) is 23.1. The largest absolute Gasteiger partial charge is 0.481 e. The summed E-state index contributed by atoms with van der Waals surface area (Å²) in [5.41, 5.74) is 2.53. The van der Waals surface area contributed by atoms with Crippen molar-refractivity contribution in [1.29, 1.82) is 0 Å². The summed E-state index contributed by atoms with van der Waals surface area (Å²) in [4.78, 5) is 50.8. The van der Waals surface area contributed by atoms with Gasteiger partial charge in [0.15, 0.2) is 5.12 Å². The molecule has 2 aromatic carbocycles. The molecule has 3 rings (SSSR count). The first-order valence-electron chi connectivity index (χ1n) is 10.5. The molecule has 0 aromatic heterocycles. The molecule has 1 aliphatic heterocycles. The first kappa shape index (κ1) is 23.5. The van der Waals surface area contributed by atoms with E-state index < -0.39 is 17.3 Å². The number of carbonyl (C=O) groups is 4. The molecule has 2 aromatic rings. The van der Waals surface area contributed by atoms with Gasteiger partial charge in [-0.2, -0.15) is 0 Å². The summed E-state index contributed by atoms with van der Waals surface area (Å²) in [7, 11) is 0. The molecule has 0 aliphatic carbocycles. The van der Waals surface area contributed by atoms with E-state index in [4.69, 9.17) is 5.11 Å². The lowest BCUT2D eigenvalue weighted by atomic mass is 10.1. The third kappa shape index (κ3) is 6.20. The van der Waals surface area contributed by atoms with E-state index in [1.54, 1.807) is 12.1 Å². The quantitative estimate of drug-likeness (QED) is 0.636. The van der Waals surface area contributed by atoms with Gasteiger partial charge in [0.1, 0.15) is 6.04 Å². The molecule has 0 radical (unpaired) electrons. The van der Waals surface area contributed by atoms with E-state index in [2.05, 4.69) is 5.32 Å². The minimum absolute atomic E-state index is 0.0210. The smallest absolute Gasteiger partial charge is 0.305 e. The van der Waals surface area contributed by atoms with Crippen LogP contribution < -0.4 is 10.2 Å². The standard InChI is InChI=1S/C24H26N2O5S/c1-16(27)32-21(15-17-7-3-2-4-8-17)23(30)25-19-12-11-18-9-5-6-10-20(18)26(24(19)31)14-13-22(28)29/h2-10,19,21H,11-15H2,1H3,(H,25,30)(H,28,29)/t19-,21?/m0/s1. The van der Waals surface area contributed by atoms with Gasteiger partial charge in [-0.05, 0) is 36.5 Å². The van der Waals surface area contributed by atoms with E-state index in [0.717, 1.165) is 22.9 Å². The number of fused-ring (bicyclic) bond motifs is 1. The molecule has 32 heavy (non-hydrogen) atoms. The molecule has 8 heteroatoms. The minimum atomic E-state index is -0.999. The van der Waals surface area contributed by atoms with Gasteiger partial charge in [-0.15, -0.1) is 0 Å². The van der Waals surface area contributed by atoms with Gasteiger partial charge in [0.05, 0.1) is 11.7 Å². The fourth-order valence-corrected chi connectivity index (χ4v) is 4.62. The van der Waals surface area contributed by atoms with Crippen LogP contribution in [0.5, 0.6) is 0 Å². The van der Waals surface area contributed by atoms with E-state index in [1.165, 1.54) is 11.8 Å². The Balaban J connectivity index is 1.79. The van der Waals surface area contributed by atoms with Crippen molar-refractivity contribution in [1.82, 2.24) is 5.32 Å². The number of benzene rings is 2. The van der Waals surface area contributed by atoms with Gasteiger partial charge in [0, 0.05) is 19.2 Å². The number of carbonyl (C=O) groups excluding carboxylic acids is 3. The SMILES string of the molecule is CC(=O)SC(Cc1ccccc1)C(=O)N[C@H]1CCc2ccccc2N(CCC(=O)O)C1=O. The van der Waals surface area contributed by atoms with Crippen LogP contribution in [-0.2, 0) is 32.0 Å². The van der Waals surface area contributed by atoms with Crippen LogP contribution in [0, 0.1) is 0 Å². The number of carboxylic acids is 1. The number of nitrogens with zero attached hydrogens (tertiary/aromatic N) is 1. The highest BCUT2D eigenvalue weighted by atomic mass is 32.2. The fourth-order valence-electron chi connectivity index (χ4n) is 3.77. The molecule has 0 spiro atoms. The van der Waals surface area contributed by atoms with Gasteiger partial charge in [0.25, 0.3) is 0 Å². The van der Waals surface area contributed by atoms with Gasteiger partial charge in [0.2, 0.25) is 11.8 Å². The summed E-state index contributed by atoms with van der Waals surface area (Å²) in [5, 5.41) is 11.1. The van der Waals surface area contributed by atoms with Crippen LogP contribution in [0.3, 0.4) is 0 Å². The summed E-state index contributed by atoms with van der Waals surface area (Å²) in [6, 6.07) is 16.0. The second-order valence-electron chi connectivity index (χ2n) is 7.65. The molecule has 168 valence electrons. The third-order valence-electron chi connectivity index (χ3n) is 5.28. The Bertz CT molecular complexity index is 995. The fraction of sp³-hybridized carbons (Fsp3) is 0.333. The molecule has 0 saturated heterocycles. The zero-order valence-corrected chi connectivity index (χ0v) is 18.6. The molecule has 2 N–H and O–H groups in total. The molecule has 2 amide bonds. The maximum Gasteiger partial charge on any atom is 0.305 e. The van der Waals surface area contributed by atoms with Crippen molar-refractivity contribution < 1.29 is 24.3 Å². The minimum Gasteiger partial charge on any atom is -0.481 e. The van der Waals surface area contributed by atoms with E-state index >= 15 is 0 Å². The van der Waals surface area contributed by atoms with E-state index in [-0.39, 0.29) is 29.9 Å². The number of rotatable bonds is 8. The maximum atomic E-state index is 13.3. The second kappa shape index (κ2) is 10.9. The number of nitrogens with one attached hydrogen (secondary N) is 1. The molecule has 7 nitrogen and oxygen atoms in total. The molecule has 0 bridgehead atoms. The summed E-state index contributed by atoms with van der Waals surface area (Å²) >= 11 is 0.946. The van der Waals surface area contributed by atoms with Crippen molar-refractivity contribution in [2.45, 2.75) is 43.9 Å². The summed E-state index contributed by atoms with van der Waals surface area (Å²) in [6.45, 7) is 1.43. The predicted molar refractivity (Wildman–Crippen MR) is 124 cm³/mol. The summed E-state index contributed by atoms with van der Waals surface area (Å²) in [6.07, 6.45) is 1.13. The molecule has 1 unspecified atom stereocenters. The molecular formula is C24H26N2O5S. The number of amides is 2. The Hall–Kier alpha value is -3.13. The van der Waals surface area contributed by atoms with Gasteiger partial charge in [-0.25, -0.2) is 0 Å². The first-order valence-corrected chi connectivity index (χ1v) is 11.4.